The maximum absolute atomic E-state index is 13.5. The van der Waals surface area contributed by atoms with Crippen molar-refractivity contribution in [2.24, 2.45) is 0 Å². The largest absolute Gasteiger partial charge is 0.396 e. The number of benzene rings is 1. The van der Waals surface area contributed by atoms with Crippen molar-refractivity contribution in [3.8, 4) is 0 Å². The molecule has 20 heavy (non-hydrogen) atoms. The summed E-state index contributed by atoms with van der Waals surface area (Å²) in [5, 5.41) is 14.2. The van der Waals surface area contributed by atoms with Crippen LogP contribution in [-0.4, -0.2) is 30.3 Å². The number of carbonyl (C=O) groups excluding carboxylic acids is 1. The van der Waals surface area contributed by atoms with Gasteiger partial charge >= 0.3 is 6.03 Å². The fraction of sp³-hybridized carbons (Fsp3) is 0.500. The smallest absolute Gasteiger partial charge is 0.315 e. The molecule has 0 saturated carbocycles. The number of urea groups is 1. The molecular weight excluding hydrogens is 327 g/mol. The fourth-order valence-corrected chi connectivity index (χ4v) is 2.20. The number of hydrogen-bond donors (Lipinski definition) is 3. The van der Waals surface area contributed by atoms with Gasteiger partial charge in [0.25, 0.3) is 0 Å². The average molecular weight is 347 g/mol. The van der Waals surface area contributed by atoms with Crippen LogP contribution in [-0.2, 0) is 6.42 Å². The summed E-state index contributed by atoms with van der Waals surface area (Å²) in [4.78, 5) is 11.6. The predicted octanol–water partition coefficient (Wildman–Crippen LogP) is 2.59. The van der Waals surface area contributed by atoms with E-state index in [-0.39, 0.29) is 24.5 Å². The molecule has 1 aromatic rings. The van der Waals surface area contributed by atoms with Crippen molar-refractivity contribution in [3.63, 3.8) is 0 Å². The highest BCUT2D eigenvalue weighted by Crippen LogP contribution is 2.15. The molecule has 1 aromatic carbocycles. The number of hydrogen-bond acceptors (Lipinski definition) is 2. The van der Waals surface area contributed by atoms with E-state index in [0.717, 1.165) is 10.9 Å². The topological polar surface area (TPSA) is 61.4 Å². The maximum atomic E-state index is 13.5. The third-order valence-electron chi connectivity index (χ3n) is 2.86. The van der Waals surface area contributed by atoms with Gasteiger partial charge < -0.3 is 15.7 Å². The van der Waals surface area contributed by atoms with Crippen molar-refractivity contribution in [1.29, 1.82) is 0 Å². The van der Waals surface area contributed by atoms with Gasteiger partial charge in [0.05, 0.1) is 0 Å². The highest BCUT2D eigenvalue weighted by atomic mass is 79.9. The third-order valence-corrected chi connectivity index (χ3v) is 3.35. The van der Waals surface area contributed by atoms with Crippen LogP contribution in [0.5, 0.6) is 0 Å². The van der Waals surface area contributed by atoms with E-state index in [1.165, 1.54) is 6.07 Å². The maximum Gasteiger partial charge on any atom is 0.315 e. The number of rotatable bonds is 7. The molecule has 0 radical (unpaired) electrons. The molecule has 0 spiro atoms. The molecule has 3 N–H and O–H groups in total. The van der Waals surface area contributed by atoms with Crippen LogP contribution in [0.25, 0.3) is 0 Å². The Morgan fingerprint density at radius 3 is 2.95 bits per heavy atom. The molecule has 6 heteroatoms. The van der Waals surface area contributed by atoms with Crippen LogP contribution in [0.3, 0.4) is 0 Å². The normalized spacial score (nSPS) is 12.0. The highest BCUT2D eigenvalue weighted by molar-refractivity contribution is 9.10. The molecule has 0 aliphatic rings. The lowest BCUT2D eigenvalue weighted by molar-refractivity contribution is 0.234. The summed E-state index contributed by atoms with van der Waals surface area (Å²) in [6.07, 6.45) is 1.82. The van der Waals surface area contributed by atoms with Gasteiger partial charge in [-0.3, -0.25) is 0 Å². The van der Waals surface area contributed by atoms with Gasteiger partial charge in [-0.25, -0.2) is 9.18 Å². The Hall–Kier alpha value is -1.14. The summed E-state index contributed by atoms with van der Waals surface area (Å²) in [6, 6.07) is 4.48. The summed E-state index contributed by atoms with van der Waals surface area (Å²) < 4.78 is 14.3. The second-order valence-electron chi connectivity index (χ2n) is 4.65. The zero-order chi connectivity index (χ0) is 15.0. The summed E-state index contributed by atoms with van der Waals surface area (Å²) >= 11 is 3.29. The predicted molar refractivity (Wildman–Crippen MR) is 80.1 cm³/mol. The van der Waals surface area contributed by atoms with Gasteiger partial charge in [-0.1, -0.05) is 15.9 Å². The first kappa shape index (κ1) is 16.9. The molecule has 1 atom stereocenters. The Kier molecular flexibility index (Phi) is 7.54. The van der Waals surface area contributed by atoms with Crippen molar-refractivity contribution in [2.45, 2.75) is 32.2 Å². The summed E-state index contributed by atoms with van der Waals surface area (Å²) in [7, 11) is 0. The van der Waals surface area contributed by atoms with Crippen molar-refractivity contribution < 1.29 is 14.3 Å². The lowest BCUT2D eigenvalue weighted by atomic mass is 10.1. The Balaban J connectivity index is 2.29. The molecule has 0 fully saturated rings. The van der Waals surface area contributed by atoms with Gasteiger partial charge in [0.1, 0.15) is 5.82 Å². The second-order valence-corrected chi connectivity index (χ2v) is 5.57. The molecule has 0 aliphatic carbocycles. The van der Waals surface area contributed by atoms with Crippen molar-refractivity contribution in [1.82, 2.24) is 10.6 Å². The van der Waals surface area contributed by atoms with Crippen molar-refractivity contribution >= 4 is 22.0 Å². The second kappa shape index (κ2) is 8.92. The molecule has 0 bridgehead atoms. The zero-order valence-corrected chi connectivity index (χ0v) is 13.0. The van der Waals surface area contributed by atoms with Crippen LogP contribution < -0.4 is 10.6 Å². The minimum absolute atomic E-state index is 0.00440. The van der Waals surface area contributed by atoms with Gasteiger partial charge in [-0.15, -0.1) is 0 Å². The van der Waals surface area contributed by atoms with Crippen LogP contribution in [0.4, 0.5) is 9.18 Å². The van der Waals surface area contributed by atoms with Crippen molar-refractivity contribution in [2.75, 3.05) is 13.2 Å². The van der Waals surface area contributed by atoms with Crippen LogP contribution >= 0.6 is 15.9 Å². The van der Waals surface area contributed by atoms with Crippen molar-refractivity contribution in [3.05, 3.63) is 34.1 Å². The summed E-state index contributed by atoms with van der Waals surface area (Å²) in [5.74, 6) is -0.272. The molecule has 0 aromatic heterocycles. The number of carbonyl (C=O) groups is 1. The van der Waals surface area contributed by atoms with E-state index in [4.69, 9.17) is 5.11 Å². The Bertz CT molecular complexity index is 443. The minimum atomic E-state index is -0.272. The number of aliphatic hydroxyl groups is 1. The molecule has 0 heterocycles. The van der Waals surface area contributed by atoms with Gasteiger partial charge in [-0.05, 0) is 49.9 Å². The fourth-order valence-electron chi connectivity index (χ4n) is 1.79. The van der Waals surface area contributed by atoms with E-state index >= 15 is 0 Å². The van der Waals surface area contributed by atoms with E-state index in [2.05, 4.69) is 26.6 Å². The molecule has 1 rings (SSSR count). The number of halogens is 2. The molecule has 0 aliphatic heterocycles. The first-order valence-corrected chi connectivity index (χ1v) is 7.41. The van der Waals surface area contributed by atoms with Crippen LogP contribution in [0, 0.1) is 5.82 Å². The van der Waals surface area contributed by atoms with E-state index in [1.807, 2.05) is 6.92 Å². The molecule has 2 amide bonds. The highest BCUT2D eigenvalue weighted by Gasteiger charge is 2.07. The minimum Gasteiger partial charge on any atom is -0.396 e. The first-order valence-electron chi connectivity index (χ1n) is 6.62. The van der Waals surface area contributed by atoms with Gasteiger partial charge in [0, 0.05) is 23.7 Å². The molecule has 112 valence electrons. The standard InChI is InChI=1S/C14H20BrFN2O2/c1-10(3-2-8-19)18-14(20)17-7-6-11-9-12(15)4-5-13(11)16/h4-5,9-10,19H,2-3,6-8H2,1H3,(H2,17,18,20)/t10-/m0/s1. The Morgan fingerprint density at radius 1 is 1.50 bits per heavy atom. The SMILES string of the molecule is C[C@@H](CCCO)NC(=O)NCCc1cc(Br)ccc1F. The molecular formula is C14H20BrFN2O2. The van der Waals surface area contributed by atoms with Crippen LogP contribution in [0.15, 0.2) is 22.7 Å². The van der Waals surface area contributed by atoms with Gasteiger partial charge in [0.15, 0.2) is 0 Å². The average Bonchev–Trinajstić information content (AvgIpc) is 2.40. The third kappa shape index (κ3) is 6.34. The summed E-state index contributed by atoms with van der Waals surface area (Å²) in [5.41, 5.74) is 0.563. The lowest BCUT2D eigenvalue weighted by Crippen LogP contribution is -2.41. The number of aliphatic hydroxyl groups excluding tert-OH is 1. The molecule has 4 nitrogen and oxygen atoms in total. The van der Waals surface area contributed by atoms with E-state index in [0.29, 0.717) is 24.9 Å². The van der Waals surface area contributed by atoms with Crippen LogP contribution in [0.1, 0.15) is 25.3 Å². The van der Waals surface area contributed by atoms with E-state index < -0.39 is 0 Å². The zero-order valence-electron chi connectivity index (χ0n) is 11.5. The first-order chi connectivity index (χ1) is 9.52. The number of nitrogens with one attached hydrogen (secondary N) is 2. The van der Waals surface area contributed by atoms with E-state index in [9.17, 15) is 9.18 Å². The Labute approximate surface area is 126 Å². The van der Waals surface area contributed by atoms with Gasteiger partial charge in [0.2, 0.25) is 0 Å². The monoisotopic (exact) mass is 346 g/mol. The van der Waals surface area contributed by atoms with Crippen LogP contribution in [0.2, 0.25) is 0 Å². The summed E-state index contributed by atoms with van der Waals surface area (Å²) in [6.45, 7) is 2.37. The molecule has 0 saturated heterocycles. The number of amides is 2. The van der Waals surface area contributed by atoms with Gasteiger partial charge in [-0.2, -0.15) is 0 Å². The quantitative estimate of drug-likeness (QED) is 0.710. The molecule has 0 unspecified atom stereocenters. The lowest BCUT2D eigenvalue weighted by Gasteiger charge is -2.14. The Morgan fingerprint density at radius 2 is 2.25 bits per heavy atom. The van der Waals surface area contributed by atoms with E-state index in [1.54, 1.807) is 12.1 Å².